The third-order valence-corrected chi connectivity index (χ3v) is 3.51. The van der Waals surface area contributed by atoms with E-state index in [1.54, 1.807) is 12.4 Å². The molecule has 1 atom stereocenters. The number of nitrogens with two attached hydrogens (primary N) is 1. The number of morpholine rings is 1. The van der Waals surface area contributed by atoms with Gasteiger partial charge >= 0.3 is 0 Å². The average Bonchev–Trinajstić information content (AvgIpc) is 2.48. The number of nitrogen functional groups attached to an aromatic ring is 1. The Morgan fingerprint density at radius 1 is 1.37 bits per heavy atom. The molecule has 1 fully saturated rings. The third-order valence-electron chi connectivity index (χ3n) is 3.51. The van der Waals surface area contributed by atoms with E-state index in [9.17, 15) is 5.11 Å². The Morgan fingerprint density at radius 2 is 2.26 bits per heavy atom. The van der Waals surface area contributed by atoms with Crippen LogP contribution >= 0.6 is 0 Å². The first-order valence-electron chi connectivity index (χ1n) is 6.39. The Bertz CT molecular complexity index is 588. The first-order chi connectivity index (χ1) is 9.29. The summed E-state index contributed by atoms with van der Waals surface area (Å²) in [5.41, 5.74) is 7.84. The van der Waals surface area contributed by atoms with Crippen LogP contribution in [0.1, 0.15) is 0 Å². The van der Waals surface area contributed by atoms with Crippen molar-refractivity contribution in [2.45, 2.75) is 6.10 Å². The van der Waals surface area contributed by atoms with Gasteiger partial charge in [0.15, 0.2) is 0 Å². The zero-order valence-corrected chi connectivity index (χ0v) is 10.6. The number of pyridine rings is 1. The zero-order chi connectivity index (χ0) is 13.2. The van der Waals surface area contributed by atoms with Gasteiger partial charge in [0, 0.05) is 47.6 Å². The van der Waals surface area contributed by atoms with Crippen molar-refractivity contribution in [2.75, 3.05) is 36.9 Å². The van der Waals surface area contributed by atoms with Crippen LogP contribution in [-0.4, -0.2) is 42.5 Å². The van der Waals surface area contributed by atoms with Crippen molar-refractivity contribution in [3.05, 3.63) is 30.6 Å². The molecule has 0 radical (unpaired) electrons. The molecule has 1 aliphatic heterocycles. The fourth-order valence-electron chi connectivity index (χ4n) is 2.52. The van der Waals surface area contributed by atoms with Crippen molar-refractivity contribution < 1.29 is 9.84 Å². The highest BCUT2D eigenvalue weighted by atomic mass is 16.5. The van der Waals surface area contributed by atoms with Crippen LogP contribution in [0.2, 0.25) is 0 Å². The molecule has 3 N–H and O–H groups in total. The molecular weight excluding hydrogens is 242 g/mol. The molecule has 1 aromatic carbocycles. The largest absolute Gasteiger partial charge is 0.398 e. The van der Waals surface area contributed by atoms with Crippen LogP contribution in [0.15, 0.2) is 30.6 Å². The molecule has 3 rings (SSSR count). The number of aromatic nitrogens is 1. The second-order valence-electron chi connectivity index (χ2n) is 4.72. The van der Waals surface area contributed by atoms with E-state index in [1.165, 1.54) is 0 Å². The van der Waals surface area contributed by atoms with E-state index in [2.05, 4.69) is 9.88 Å². The van der Waals surface area contributed by atoms with E-state index in [1.807, 2.05) is 18.2 Å². The Labute approximate surface area is 111 Å². The number of aliphatic hydroxyl groups is 1. The molecular formula is C14H17N3O2. The van der Waals surface area contributed by atoms with Gasteiger partial charge in [0.2, 0.25) is 0 Å². The highest BCUT2D eigenvalue weighted by Gasteiger charge is 2.21. The fourth-order valence-corrected chi connectivity index (χ4v) is 2.52. The molecule has 5 heteroatoms. The maximum atomic E-state index is 9.23. The van der Waals surface area contributed by atoms with Gasteiger partial charge in [-0.05, 0) is 18.2 Å². The number of hydrogen-bond acceptors (Lipinski definition) is 5. The number of rotatable bonds is 2. The minimum Gasteiger partial charge on any atom is -0.398 e. The van der Waals surface area contributed by atoms with Crippen molar-refractivity contribution in [1.82, 2.24) is 4.98 Å². The topological polar surface area (TPSA) is 71.6 Å². The SMILES string of the molecule is Nc1ccc(N2CCOC(CO)C2)c2ccncc12. The molecule has 1 aliphatic rings. The van der Waals surface area contributed by atoms with Gasteiger partial charge in [0.05, 0.1) is 19.3 Å². The van der Waals surface area contributed by atoms with Crippen molar-refractivity contribution in [1.29, 1.82) is 0 Å². The first kappa shape index (κ1) is 12.2. The number of nitrogens with zero attached hydrogens (tertiary/aromatic N) is 2. The third kappa shape index (κ3) is 2.22. The highest BCUT2D eigenvalue weighted by molar-refractivity contribution is 6.00. The summed E-state index contributed by atoms with van der Waals surface area (Å²) < 4.78 is 5.49. The molecule has 5 nitrogen and oxygen atoms in total. The second kappa shape index (κ2) is 5.03. The van der Waals surface area contributed by atoms with Crippen LogP contribution in [-0.2, 0) is 4.74 Å². The van der Waals surface area contributed by atoms with Crippen LogP contribution in [0.25, 0.3) is 10.8 Å². The lowest BCUT2D eigenvalue weighted by Crippen LogP contribution is -2.44. The Kier molecular flexibility index (Phi) is 3.23. The van der Waals surface area contributed by atoms with Crippen LogP contribution < -0.4 is 10.6 Å². The number of ether oxygens (including phenoxy) is 1. The maximum Gasteiger partial charge on any atom is 0.0980 e. The standard InChI is InChI=1S/C14H17N3O2/c15-13-1-2-14(11-3-4-16-7-12(11)13)17-5-6-19-10(8-17)9-18/h1-4,7,10,18H,5-6,8-9,15H2. The van der Waals surface area contributed by atoms with E-state index < -0.39 is 0 Å². The summed E-state index contributed by atoms with van der Waals surface area (Å²) in [6.07, 6.45) is 3.44. The zero-order valence-electron chi connectivity index (χ0n) is 10.6. The predicted molar refractivity (Wildman–Crippen MR) is 75.2 cm³/mol. The normalized spacial score (nSPS) is 19.8. The molecule has 0 amide bonds. The van der Waals surface area contributed by atoms with Gasteiger partial charge < -0.3 is 20.5 Å². The summed E-state index contributed by atoms with van der Waals surface area (Å²) >= 11 is 0. The summed E-state index contributed by atoms with van der Waals surface area (Å²) in [6.45, 7) is 2.18. The average molecular weight is 259 g/mol. The van der Waals surface area contributed by atoms with Crippen molar-refractivity contribution in [3.63, 3.8) is 0 Å². The van der Waals surface area contributed by atoms with E-state index in [0.29, 0.717) is 13.2 Å². The van der Waals surface area contributed by atoms with Gasteiger partial charge in [-0.15, -0.1) is 0 Å². The summed E-state index contributed by atoms with van der Waals surface area (Å²) in [5, 5.41) is 11.3. The van der Waals surface area contributed by atoms with Crippen LogP contribution in [0.4, 0.5) is 11.4 Å². The number of benzene rings is 1. The van der Waals surface area contributed by atoms with Crippen LogP contribution in [0, 0.1) is 0 Å². The minimum absolute atomic E-state index is 0.0466. The summed E-state index contributed by atoms with van der Waals surface area (Å²) in [4.78, 5) is 6.36. The van der Waals surface area contributed by atoms with Gasteiger partial charge in [0.1, 0.15) is 0 Å². The monoisotopic (exact) mass is 259 g/mol. The highest BCUT2D eigenvalue weighted by Crippen LogP contribution is 2.31. The lowest BCUT2D eigenvalue weighted by atomic mass is 10.1. The van der Waals surface area contributed by atoms with Gasteiger partial charge in [-0.1, -0.05) is 0 Å². The van der Waals surface area contributed by atoms with Gasteiger partial charge in [0.25, 0.3) is 0 Å². The number of aliphatic hydroxyl groups excluding tert-OH is 1. The van der Waals surface area contributed by atoms with Gasteiger partial charge in [-0.25, -0.2) is 0 Å². The molecule has 100 valence electrons. The fraction of sp³-hybridized carbons (Fsp3) is 0.357. The van der Waals surface area contributed by atoms with Gasteiger partial charge in [-0.3, -0.25) is 4.98 Å². The van der Waals surface area contributed by atoms with E-state index in [-0.39, 0.29) is 12.7 Å². The Hall–Kier alpha value is -1.85. The molecule has 0 bridgehead atoms. The van der Waals surface area contributed by atoms with Gasteiger partial charge in [-0.2, -0.15) is 0 Å². The summed E-state index contributed by atoms with van der Waals surface area (Å²) in [6, 6.07) is 5.91. The molecule has 0 saturated carbocycles. The molecule has 1 saturated heterocycles. The molecule has 1 unspecified atom stereocenters. The van der Waals surface area contributed by atoms with Crippen molar-refractivity contribution in [3.8, 4) is 0 Å². The maximum absolute atomic E-state index is 9.23. The smallest absolute Gasteiger partial charge is 0.0980 e. The minimum atomic E-state index is -0.122. The van der Waals surface area contributed by atoms with E-state index >= 15 is 0 Å². The summed E-state index contributed by atoms with van der Waals surface area (Å²) in [5.74, 6) is 0. The Balaban J connectivity index is 2.03. The van der Waals surface area contributed by atoms with E-state index in [4.69, 9.17) is 10.5 Å². The molecule has 1 aromatic heterocycles. The Morgan fingerprint density at radius 3 is 3.11 bits per heavy atom. The summed E-state index contributed by atoms with van der Waals surface area (Å²) in [7, 11) is 0. The lowest BCUT2D eigenvalue weighted by Gasteiger charge is -2.34. The first-order valence-corrected chi connectivity index (χ1v) is 6.39. The van der Waals surface area contributed by atoms with Crippen LogP contribution in [0.3, 0.4) is 0 Å². The lowest BCUT2D eigenvalue weighted by molar-refractivity contribution is 0.00364. The molecule has 2 aromatic rings. The molecule has 19 heavy (non-hydrogen) atoms. The molecule has 2 heterocycles. The van der Waals surface area contributed by atoms with E-state index in [0.717, 1.165) is 28.7 Å². The molecule has 0 aliphatic carbocycles. The van der Waals surface area contributed by atoms with Crippen molar-refractivity contribution in [2.24, 2.45) is 0 Å². The van der Waals surface area contributed by atoms with Crippen LogP contribution in [0.5, 0.6) is 0 Å². The number of hydrogen-bond donors (Lipinski definition) is 2. The number of fused-ring (bicyclic) bond motifs is 1. The second-order valence-corrected chi connectivity index (χ2v) is 4.72. The number of anilines is 2. The van der Waals surface area contributed by atoms with Crippen molar-refractivity contribution >= 4 is 22.1 Å². The quantitative estimate of drug-likeness (QED) is 0.788. The predicted octanol–water partition coefficient (Wildman–Crippen LogP) is 1.01. The molecule has 0 spiro atoms.